The van der Waals surface area contributed by atoms with Gasteiger partial charge in [-0.05, 0) is 45.4 Å². The molecule has 0 saturated carbocycles. The summed E-state index contributed by atoms with van der Waals surface area (Å²) in [6.07, 6.45) is 1.19. The average Bonchev–Trinajstić information content (AvgIpc) is 2.93. The fraction of sp³-hybridized carbons (Fsp3) is 0.400. The standard InChI is InChI=1S/C20H25FN2O3/c1-5-26-19(25)18-15(10-11-22-20(2,3)4)23-16(12-24)17(18)13-6-8-14(21)9-7-13/h6-9,12,22-23H,5,10-11H2,1-4H3. The zero-order valence-electron chi connectivity index (χ0n) is 15.6. The zero-order chi connectivity index (χ0) is 19.3. The minimum Gasteiger partial charge on any atom is -0.462 e. The van der Waals surface area contributed by atoms with Gasteiger partial charge in [0, 0.05) is 29.8 Å². The van der Waals surface area contributed by atoms with Gasteiger partial charge in [0.05, 0.1) is 17.9 Å². The fourth-order valence-corrected chi connectivity index (χ4v) is 2.76. The third kappa shape index (κ3) is 4.79. The maximum Gasteiger partial charge on any atom is 0.340 e. The van der Waals surface area contributed by atoms with Gasteiger partial charge in [-0.2, -0.15) is 0 Å². The monoisotopic (exact) mass is 360 g/mol. The average molecular weight is 360 g/mol. The van der Waals surface area contributed by atoms with Crippen LogP contribution in [0.5, 0.6) is 0 Å². The van der Waals surface area contributed by atoms with E-state index in [0.29, 0.717) is 41.6 Å². The molecule has 0 aliphatic heterocycles. The number of aromatic amines is 1. The van der Waals surface area contributed by atoms with Crippen LogP contribution in [0.15, 0.2) is 24.3 Å². The topological polar surface area (TPSA) is 71.2 Å². The molecule has 1 aromatic carbocycles. The number of ether oxygens (including phenoxy) is 1. The molecule has 0 spiro atoms. The molecular formula is C20H25FN2O3. The summed E-state index contributed by atoms with van der Waals surface area (Å²) in [5, 5.41) is 3.35. The van der Waals surface area contributed by atoms with Gasteiger partial charge in [-0.1, -0.05) is 12.1 Å². The molecule has 0 aliphatic carbocycles. The fourth-order valence-electron chi connectivity index (χ4n) is 2.76. The van der Waals surface area contributed by atoms with Crippen molar-refractivity contribution in [1.82, 2.24) is 10.3 Å². The highest BCUT2D eigenvalue weighted by Gasteiger charge is 2.25. The van der Waals surface area contributed by atoms with Crippen LogP contribution < -0.4 is 5.32 Å². The van der Waals surface area contributed by atoms with Crippen LogP contribution in [0.1, 0.15) is 54.2 Å². The summed E-state index contributed by atoms with van der Waals surface area (Å²) < 4.78 is 18.5. The molecule has 0 unspecified atom stereocenters. The number of hydrogen-bond donors (Lipinski definition) is 2. The molecule has 0 bridgehead atoms. The lowest BCUT2D eigenvalue weighted by Crippen LogP contribution is -2.37. The van der Waals surface area contributed by atoms with Crippen LogP contribution in [0.2, 0.25) is 0 Å². The van der Waals surface area contributed by atoms with Gasteiger partial charge in [0.1, 0.15) is 5.82 Å². The highest BCUT2D eigenvalue weighted by Crippen LogP contribution is 2.31. The number of benzene rings is 1. The normalized spacial score (nSPS) is 11.4. The van der Waals surface area contributed by atoms with E-state index < -0.39 is 5.97 Å². The first kappa shape index (κ1) is 19.8. The molecule has 1 aromatic heterocycles. The second-order valence-electron chi connectivity index (χ2n) is 7.04. The lowest BCUT2D eigenvalue weighted by molar-refractivity contribution is 0.0526. The number of aldehydes is 1. The van der Waals surface area contributed by atoms with Crippen molar-refractivity contribution in [3.63, 3.8) is 0 Å². The van der Waals surface area contributed by atoms with Crippen molar-refractivity contribution >= 4 is 12.3 Å². The van der Waals surface area contributed by atoms with Crippen LogP contribution in [0, 0.1) is 5.82 Å². The number of esters is 1. The van der Waals surface area contributed by atoms with Gasteiger partial charge in [0.2, 0.25) is 0 Å². The number of H-pyrrole nitrogens is 1. The van der Waals surface area contributed by atoms with Gasteiger partial charge >= 0.3 is 5.97 Å². The largest absolute Gasteiger partial charge is 0.462 e. The molecule has 140 valence electrons. The smallest absolute Gasteiger partial charge is 0.340 e. The van der Waals surface area contributed by atoms with Gasteiger partial charge in [-0.25, -0.2) is 9.18 Å². The van der Waals surface area contributed by atoms with Gasteiger partial charge in [-0.3, -0.25) is 4.79 Å². The van der Waals surface area contributed by atoms with E-state index in [1.165, 1.54) is 12.1 Å². The van der Waals surface area contributed by atoms with Crippen LogP contribution in [-0.2, 0) is 11.2 Å². The van der Waals surface area contributed by atoms with Gasteiger partial charge in [0.25, 0.3) is 0 Å². The summed E-state index contributed by atoms with van der Waals surface area (Å²) in [6, 6.07) is 5.69. The van der Waals surface area contributed by atoms with Crippen LogP contribution in [0.3, 0.4) is 0 Å². The van der Waals surface area contributed by atoms with Crippen molar-refractivity contribution in [2.24, 2.45) is 0 Å². The number of carbonyl (C=O) groups excluding carboxylic acids is 2. The van der Waals surface area contributed by atoms with Gasteiger partial charge in [0.15, 0.2) is 6.29 Å². The van der Waals surface area contributed by atoms with Crippen molar-refractivity contribution in [3.05, 3.63) is 47.0 Å². The molecule has 0 aliphatic rings. The number of carbonyl (C=O) groups is 2. The van der Waals surface area contributed by atoms with E-state index in [0.717, 1.165) is 0 Å². The Morgan fingerprint density at radius 3 is 2.46 bits per heavy atom. The summed E-state index contributed by atoms with van der Waals surface area (Å²) in [5.41, 5.74) is 2.21. The Labute approximate surface area is 152 Å². The number of nitrogens with one attached hydrogen (secondary N) is 2. The molecule has 0 atom stereocenters. The first-order valence-corrected chi connectivity index (χ1v) is 8.65. The SMILES string of the molecule is CCOC(=O)c1c(CCNC(C)(C)C)[nH]c(C=O)c1-c1ccc(F)cc1. The maximum absolute atomic E-state index is 13.3. The molecule has 0 saturated heterocycles. The maximum atomic E-state index is 13.3. The first-order valence-electron chi connectivity index (χ1n) is 8.65. The van der Waals surface area contributed by atoms with Crippen molar-refractivity contribution in [2.45, 2.75) is 39.7 Å². The van der Waals surface area contributed by atoms with Crippen LogP contribution in [0.4, 0.5) is 4.39 Å². The molecule has 2 N–H and O–H groups in total. The number of aromatic nitrogens is 1. The van der Waals surface area contributed by atoms with Crippen molar-refractivity contribution in [1.29, 1.82) is 0 Å². The van der Waals surface area contributed by atoms with E-state index in [1.54, 1.807) is 19.1 Å². The Morgan fingerprint density at radius 2 is 1.92 bits per heavy atom. The molecule has 2 aromatic rings. The van der Waals surface area contributed by atoms with Crippen LogP contribution in [0.25, 0.3) is 11.1 Å². The van der Waals surface area contributed by atoms with E-state index in [2.05, 4.69) is 31.1 Å². The molecule has 26 heavy (non-hydrogen) atoms. The van der Waals surface area contributed by atoms with E-state index in [1.807, 2.05) is 0 Å². The summed E-state index contributed by atoms with van der Waals surface area (Å²) in [6.45, 7) is 8.72. The Bertz CT molecular complexity index is 774. The number of hydrogen-bond acceptors (Lipinski definition) is 4. The number of halogens is 1. The molecule has 5 nitrogen and oxygen atoms in total. The lowest BCUT2D eigenvalue weighted by Gasteiger charge is -2.20. The molecule has 1 heterocycles. The van der Waals surface area contributed by atoms with Gasteiger partial charge in [-0.15, -0.1) is 0 Å². The van der Waals surface area contributed by atoms with E-state index >= 15 is 0 Å². The lowest BCUT2D eigenvalue weighted by atomic mass is 9.99. The summed E-state index contributed by atoms with van der Waals surface area (Å²) in [5.74, 6) is -0.883. The molecule has 6 heteroatoms. The summed E-state index contributed by atoms with van der Waals surface area (Å²) >= 11 is 0. The third-order valence-electron chi connectivity index (χ3n) is 3.87. The molecular weight excluding hydrogens is 335 g/mol. The van der Waals surface area contributed by atoms with E-state index in [9.17, 15) is 14.0 Å². The first-order chi connectivity index (χ1) is 12.3. The second-order valence-corrected chi connectivity index (χ2v) is 7.04. The highest BCUT2D eigenvalue weighted by molar-refractivity contribution is 6.03. The zero-order valence-corrected chi connectivity index (χ0v) is 15.6. The van der Waals surface area contributed by atoms with Crippen molar-refractivity contribution < 1.29 is 18.7 Å². The second kappa shape index (κ2) is 8.27. The van der Waals surface area contributed by atoms with Crippen molar-refractivity contribution in [3.8, 4) is 11.1 Å². The predicted octanol–water partition coefficient (Wildman–Crippen LogP) is 3.74. The molecule has 0 amide bonds. The predicted molar refractivity (Wildman–Crippen MR) is 99.0 cm³/mol. The Balaban J connectivity index is 2.49. The minimum atomic E-state index is -0.498. The summed E-state index contributed by atoms with van der Waals surface area (Å²) in [7, 11) is 0. The highest BCUT2D eigenvalue weighted by atomic mass is 19.1. The third-order valence-corrected chi connectivity index (χ3v) is 3.87. The van der Waals surface area contributed by atoms with E-state index in [-0.39, 0.29) is 23.7 Å². The van der Waals surface area contributed by atoms with Gasteiger partial charge < -0.3 is 15.0 Å². The van der Waals surface area contributed by atoms with E-state index in [4.69, 9.17) is 4.74 Å². The quantitative estimate of drug-likeness (QED) is 0.583. The Kier molecular flexibility index (Phi) is 6.32. The van der Waals surface area contributed by atoms with Crippen LogP contribution >= 0.6 is 0 Å². The Morgan fingerprint density at radius 1 is 1.27 bits per heavy atom. The number of rotatable bonds is 7. The molecule has 0 fully saturated rings. The van der Waals surface area contributed by atoms with Crippen LogP contribution in [-0.4, -0.2) is 35.9 Å². The van der Waals surface area contributed by atoms with Crippen molar-refractivity contribution in [2.75, 3.05) is 13.2 Å². The molecule has 2 rings (SSSR count). The summed E-state index contributed by atoms with van der Waals surface area (Å²) in [4.78, 5) is 27.2. The Hall–Kier alpha value is -2.47. The minimum absolute atomic E-state index is 0.0655. The molecule has 0 radical (unpaired) electrons.